The number of aliphatic hydroxyl groups is 1. The minimum absolute atomic E-state index is 0.0146. The zero-order chi connectivity index (χ0) is 32.3. The van der Waals surface area contributed by atoms with E-state index >= 15 is 0 Å². The molecule has 1 amide bonds. The molecule has 2 aliphatic rings. The number of hydrogen-bond donors (Lipinski definition) is 3. The van der Waals surface area contributed by atoms with E-state index in [9.17, 15) is 14.7 Å². The lowest BCUT2D eigenvalue weighted by molar-refractivity contribution is 0.0582. The Morgan fingerprint density at radius 2 is 1.80 bits per heavy atom. The van der Waals surface area contributed by atoms with Gasteiger partial charge in [0.2, 0.25) is 0 Å². The molecule has 2 aromatic carbocycles. The number of hydrogen-bond acceptors (Lipinski definition) is 6. The molecule has 4 aromatic rings. The van der Waals surface area contributed by atoms with Crippen molar-refractivity contribution in [2.24, 2.45) is 0 Å². The van der Waals surface area contributed by atoms with Crippen molar-refractivity contribution in [1.29, 1.82) is 0 Å². The highest BCUT2D eigenvalue weighted by atomic mass is 16.5. The Kier molecular flexibility index (Phi) is 9.38. The van der Waals surface area contributed by atoms with Crippen LogP contribution >= 0.6 is 0 Å². The van der Waals surface area contributed by atoms with Crippen LogP contribution in [-0.2, 0) is 6.42 Å². The number of pyridine rings is 2. The van der Waals surface area contributed by atoms with Crippen LogP contribution in [0.15, 0.2) is 90.1 Å². The highest BCUT2D eigenvalue weighted by Crippen LogP contribution is 2.40. The number of aromatic nitrogens is 2. The topological polar surface area (TPSA) is 105 Å². The van der Waals surface area contributed by atoms with Crippen LogP contribution in [0.5, 0.6) is 5.75 Å². The molecule has 240 valence electrons. The standard InChI is InChI=1S/C38H44N4O4/c1-25-13-14-35-31(19-25)33(22-38(2,3)46-35)40-23-34(43)32(20-26-9-5-4-6-10-26)41-36(44)28-21-30(27-15-17-39-18-16-27)37(45)42(24-28)29-11-7-8-12-29/h4-6,9-10,13-19,21,24,29,32-34,40,43H,7-8,11-12,20,22-23H2,1-3H3,(H,41,44). The van der Waals surface area contributed by atoms with E-state index < -0.39 is 12.1 Å². The summed E-state index contributed by atoms with van der Waals surface area (Å²) < 4.78 is 7.99. The van der Waals surface area contributed by atoms with E-state index in [4.69, 9.17) is 4.74 Å². The second-order valence-electron chi connectivity index (χ2n) is 13.4. The third-order valence-electron chi connectivity index (χ3n) is 9.29. The second-order valence-corrected chi connectivity index (χ2v) is 13.4. The van der Waals surface area contributed by atoms with Crippen LogP contribution in [0.1, 0.15) is 85.1 Å². The molecule has 46 heavy (non-hydrogen) atoms. The van der Waals surface area contributed by atoms with E-state index in [0.717, 1.165) is 60.1 Å². The fourth-order valence-corrected chi connectivity index (χ4v) is 6.88. The number of carbonyl (C=O) groups excluding carboxylic acids is 1. The Morgan fingerprint density at radius 1 is 1.07 bits per heavy atom. The highest BCUT2D eigenvalue weighted by molar-refractivity contribution is 5.95. The molecule has 1 aliphatic carbocycles. The lowest BCUT2D eigenvalue weighted by atomic mass is 9.88. The molecule has 0 saturated heterocycles. The number of fused-ring (bicyclic) bond motifs is 1. The Bertz CT molecular complexity index is 1710. The summed E-state index contributed by atoms with van der Waals surface area (Å²) in [5, 5.41) is 18.4. The van der Waals surface area contributed by atoms with Crippen LogP contribution in [0.3, 0.4) is 0 Å². The Balaban J connectivity index is 1.27. The number of benzene rings is 2. The van der Waals surface area contributed by atoms with Gasteiger partial charge in [0.1, 0.15) is 11.4 Å². The largest absolute Gasteiger partial charge is 0.487 e. The van der Waals surface area contributed by atoms with Gasteiger partial charge in [-0.1, -0.05) is 60.9 Å². The van der Waals surface area contributed by atoms with Crippen LogP contribution in [0, 0.1) is 6.92 Å². The second kappa shape index (κ2) is 13.6. The minimum atomic E-state index is -0.885. The van der Waals surface area contributed by atoms with Gasteiger partial charge in [-0.25, -0.2) is 0 Å². The molecule has 0 bridgehead atoms. The maximum Gasteiger partial charge on any atom is 0.258 e. The van der Waals surface area contributed by atoms with E-state index in [-0.39, 0.29) is 35.7 Å². The van der Waals surface area contributed by atoms with Gasteiger partial charge in [-0.15, -0.1) is 0 Å². The molecule has 2 aromatic heterocycles. The molecule has 3 unspecified atom stereocenters. The average Bonchev–Trinajstić information content (AvgIpc) is 3.59. The van der Waals surface area contributed by atoms with Gasteiger partial charge >= 0.3 is 0 Å². The number of nitrogens with one attached hydrogen (secondary N) is 2. The van der Waals surface area contributed by atoms with Gasteiger partial charge in [-0.2, -0.15) is 0 Å². The molecule has 1 aliphatic heterocycles. The first-order valence-corrected chi connectivity index (χ1v) is 16.4. The van der Waals surface area contributed by atoms with E-state index in [2.05, 4.69) is 42.5 Å². The molecule has 3 heterocycles. The quantitative estimate of drug-likeness (QED) is 0.203. The summed E-state index contributed by atoms with van der Waals surface area (Å²) in [6, 6.07) is 20.8. The van der Waals surface area contributed by atoms with Gasteiger partial charge in [0.25, 0.3) is 11.5 Å². The molecule has 3 atom stereocenters. The molecule has 6 rings (SSSR count). The summed E-state index contributed by atoms with van der Waals surface area (Å²) in [7, 11) is 0. The zero-order valence-corrected chi connectivity index (χ0v) is 26.9. The van der Waals surface area contributed by atoms with Crippen molar-refractivity contribution in [2.75, 3.05) is 6.54 Å². The first kappa shape index (κ1) is 31.7. The summed E-state index contributed by atoms with van der Waals surface area (Å²) in [6.07, 6.45) is 9.25. The zero-order valence-electron chi connectivity index (χ0n) is 26.9. The monoisotopic (exact) mass is 620 g/mol. The molecule has 3 N–H and O–H groups in total. The Labute approximate surface area is 270 Å². The van der Waals surface area contributed by atoms with Gasteiger partial charge in [0.05, 0.1) is 17.7 Å². The smallest absolute Gasteiger partial charge is 0.258 e. The molecule has 8 nitrogen and oxygen atoms in total. The first-order chi connectivity index (χ1) is 22.2. The summed E-state index contributed by atoms with van der Waals surface area (Å²) >= 11 is 0. The van der Waals surface area contributed by atoms with Crippen LogP contribution in [0.4, 0.5) is 0 Å². The number of aryl methyl sites for hydroxylation is 1. The van der Waals surface area contributed by atoms with Crippen molar-refractivity contribution in [2.45, 2.75) is 89.1 Å². The third kappa shape index (κ3) is 7.24. The van der Waals surface area contributed by atoms with Gasteiger partial charge in [-0.3, -0.25) is 14.6 Å². The van der Waals surface area contributed by atoms with Crippen molar-refractivity contribution in [3.63, 3.8) is 0 Å². The van der Waals surface area contributed by atoms with Crippen LogP contribution < -0.4 is 20.9 Å². The highest BCUT2D eigenvalue weighted by Gasteiger charge is 2.34. The van der Waals surface area contributed by atoms with Crippen LogP contribution in [-0.4, -0.2) is 44.9 Å². The maximum absolute atomic E-state index is 14.0. The average molecular weight is 621 g/mol. The van der Waals surface area contributed by atoms with Crippen LogP contribution in [0.25, 0.3) is 11.1 Å². The fraction of sp³-hybridized carbons (Fsp3) is 0.395. The molecule has 1 fully saturated rings. The van der Waals surface area contributed by atoms with Gasteiger partial charge in [-0.05, 0) is 75.4 Å². The SMILES string of the molecule is Cc1ccc2c(c1)C(NCC(O)C(Cc1ccccc1)NC(=O)c1cc(-c3ccncc3)c(=O)n(C3CCCC3)c1)CC(C)(C)O2. The van der Waals surface area contributed by atoms with E-state index in [1.165, 1.54) is 0 Å². The number of rotatable bonds is 10. The molecule has 0 spiro atoms. The van der Waals surface area contributed by atoms with Crippen molar-refractivity contribution in [1.82, 2.24) is 20.2 Å². The predicted octanol–water partition coefficient (Wildman–Crippen LogP) is 5.93. The van der Waals surface area contributed by atoms with Crippen molar-refractivity contribution in [3.05, 3.63) is 118 Å². The minimum Gasteiger partial charge on any atom is -0.487 e. The Hall–Kier alpha value is -4.27. The van der Waals surface area contributed by atoms with Crippen molar-refractivity contribution in [3.8, 4) is 16.9 Å². The lowest BCUT2D eigenvalue weighted by Crippen LogP contribution is -2.50. The van der Waals surface area contributed by atoms with Crippen molar-refractivity contribution < 1.29 is 14.6 Å². The Morgan fingerprint density at radius 3 is 2.54 bits per heavy atom. The van der Waals surface area contributed by atoms with E-state index in [1.54, 1.807) is 41.4 Å². The number of carbonyl (C=O) groups is 1. The first-order valence-electron chi connectivity index (χ1n) is 16.4. The normalized spacial score (nSPS) is 18.7. The van der Waals surface area contributed by atoms with E-state index in [1.807, 2.05) is 42.5 Å². The molecule has 8 heteroatoms. The molecular weight excluding hydrogens is 576 g/mol. The molecule has 1 saturated carbocycles. The maximum atomic E-state index is 14.0. The van der Waals surface area contributed by atoms with E-state index in [0.29, 0.717) is 17.5 Å². The molecule has 0 radical (unpaired) electrons. The van der Waals surface area contributed by atoms with Crippen LogP contribution in [0.2, 0.25) is 0 Å². The molecular formula is C38H44N4O4. The summed E-state index contributed by atoms with van der Waals surface area (Å²) in [6.45, 7) is 6.48. The fourth-order valence-electron chi connectivity index (χ4n) is 6.88. The summed E-state index contributed by atoms with van der Waals surface area (Å²) in [4.78, 5) is 31.8. The number of ether oxygens (including phenoxy) is 1. The summed E-state index contributed by atoms with van der Waals surface area (Å²) in [5.41, 5.74) is 4.36. The number of amides is 1. The number of nitrogens with zero attached hydrogens (tertiary/aromatic N) is 2. The predicted molar refractivity (Wildman–Crippen MR) is 180 cm³/mol. The van der Waals surface area contributed by atoms with Crippen molar-refractivity contribution >= 4 is 5.91 Å². The van der Waals surface area contributed by atoms with Gasteiger partial charge in [0.15, 0.2) is 0 Å². The van der Waals surface area contributed by atoms with Gasteiger partial charge in [0, 0.05) is 54.8 Å². The lowest BCUT2D eigenvalue weighted by Gasteiger charge is -2.39. The van der Waals surface area contributed by atoms with Gasteiger partial charge < -0.3 is 25.0 Å². The third-order valence-corrected chi connectivity index (χ3v) is 9.29. The number of aliphatic hydroxyl groups excluding tert-OH is 1. The summed E-state index contributed by atoms with van der Waals surface area (Å²) in [5.74, 6) is 0.528.